The molecule has 0 saturated carbocycles. The van der Waals surface area contributed by atoms with Gasteiger partial charge >= 0.3 is 0 Å². The summed E-state index contributed by atoms with van der Waals surface area (Å²) in [6, 6.07) is 9.52. The number of aromatic nitrogens is 1. The zero-order valence-corrected chi connectivity index (χ0v) is 11.3. The summed E-state index contributed by atoms with van der Waals surface area (Å²) >= 11 is 1.15. The van der Waals surface area contributed by atoms with Crippen molar-refractivity contribution in [3.05, 3.63) is 53.0 Å². The number of nitrogens with two attached hydrogens (primary N) is 1. The van der Waals surface area contributed by atoms with Crippen LogP contribution in [0, 0.1) is 6.92 Å². The Labute approximate surface area is 115 Å². The molecule has 0 radical (unpaired) electrons. The highest BCUT2D eigenvalue weighted by atomic mass is 32.1. The van der Waals surface area contributed by atoms with E-state index in [1.54, 1.807) is 6.92 Å². The molecule has 1 heterocycles. The van der Waals surface area contributed by atoms with Crippen LogP contribution in [0.15, 0.2) is 36.9 Å². The fourth-order valence-corrected chi connectivity index (χ4v) is 2.26. The standard InChI is InChI=1S/C13H14N4OS/c1-8(10-6-4-3-5-7-10)16-17-12(18)11-9(2)15-13(14)19-11/h3-7,16H,1H2,2H3,(H2,14,15)(H,17,18). The Hall–Kier alpha value is -2.34. The second-order valence-corrected chi connectivity index (χ2v) is 4.92. The molecular formula is C13H14N4OS. The Bertz CT molecular complexity index is 606. The van der Waals surface area contributed by atoms with Crippen LogP contribution < -0.4 is 16.6 Å². The molecule has 0 fully saturated rings. The lowest BCUT2D eigenvalue weighted by atomic mass is 10.2. The summed E-state index contributed by atoms with van der Waals surface area (Å²) in [6.45, 7) is 5.60. The maximum absolute atomic E-state index is 11.9. The van der Waals surface area contributed by atoms with E-state index in [1.807, 2.05) is 30.3 Å². The molecule has 2 aromatic rings. The van der Waals surface area contributed by atoms with Crippen molar-refractivity contribution in [3.8, 4) is 0 Å². The summed E-state index contributed by atoms with van der Waals surface area (Å²) in [4.78, 5) is 16.4. The van der Waals surface area contributed by atoms with E-state index in [1.165, 1.54) is 0 Å². The molecule has 5 nitrogen and oxygen atoms in total. The van der Waals surface area contributed by atoms with Crippen molar-refractivity contribution in [2.24, 2.45) is 0 Å². The lowest BCUT2D eigenvalue weighted by Gasteiger charge is -2.10. The van der Waals surface area contributed by atoms with Gasteiger partial charge in [-0.3, -0.25) is 15.6 Å². The molecule has 0 unspecified atom stereocenters. The van der Waals surface area contributed by atoms with Crippen LogP contribution in [0.1, 0.15) is 20.9 Å². The normalized spacial score (nSPS) is 9.95. The predicted octanol–water partition coefficient (Wildman–Crippen LogP) is 1.94. The topological polar surface area (TPSA) is 80.0 Å². The van der Waals surface area contributed by atoms with Crippen LogP contribution in [0.4, 0.5) is 5.13 Å². The number of hydrogen-bond acceptors (Lipinski definition) is 5. The smallest absolute Gasteiger partial charge is 0.281 e. The van der Waals surface area contributed by atoms with E-state index >= 15 is 0 Å². The number of benzene rings is 1. The monoisotopic (exact) mass is 274 g/mol. The molecule has 0 saturated heterocycles. The highest BCUT2D eigenvalue weighted by Crippen LogP contribution is 2.19. The molecule has 0 aliphatic heterocycles. The fourth-order valence-electron chi connectivity index (χ4n) is 1.53. The van der Waals surface area contributed by atoms with E-state index in [-0.39, 0.29) is 5.91 Å². The first-order chi connectivity index (χ1) is 9.08. The van der Waals surface area contributed by atoms with Crippen molar-refractivity contribution in [3.63, 3.8) is 0 Å². The van der Waals surface area contributed by atoms with Crippen LogP contribution in [-0.2, 0) is 0 Å². The average molecular weight is 274 g/mol. The average Bonchev–Trinajstić information content (AvgIpc) is 2.75. The first-order valence-corrected chi connectivity index (χ1v) is 6.43. The van der Waals surface area contributed by atoms with Gasteiger partial charge in [0.25, 0.3) is 5.91 Å². The second-order valence-electron chi connectivity index (χ2n) is 3.89. The van der Waals surface area contributed by atoms with E-state index in [9.17, 15) is 4.79 Å². The lowest BCUT2D eigenvalue weighted by Crippen LogP contribution is -2.35. The maximum atomic E-state index is 11.9. The van der Waals surface area contributed by atoms with E-state index in [0.29, 0.717) is 21.4 Å². The summed E-state index contributed by atoms with van der Waals surface area (Å²) in [7, 11) is 0. The molecule has 4 N–H and O–H groups in total. The van der Waals surface area contributed by atoms with Gasteiger partial charge in [0.05, 0.1) is 11.4 Å². The molecule has 1 aromatic heterocycles. The summed E-state index contributed by atoms with van der Waals surface area (Å²) in [5.41, 5.74) is 13.0. The number of carbonyl (C=O) groups is 1. The molecule has 0 spiro atoms. The number of hydrazine groups is 1. The third-order valence-electron chi connectivity index (χ3n) is 2.47. The van der Waals surface area contributed by atoms with Crippen molar-refractivity contribution in [1.82, 2.24) is 15.8 Å². The highest BCUT2D eigenvalue weighted by molar-refractivity contribution is 7.17. The first-order valence-electron chi connectivity index (χ1n) is 5.61. The number of nitrogens with one attached hydrogen (secondary N) is 2. The highest BCUT2D eigenvalue weighted by Gasteiger charge is 2.13. The molecule has 98 valence electrons. The molecule has 6 heteroatoms. The van der Waals surface area contributed by atoms with Gasteiger partial charge in [-0.2, -0.15) is 0 Å². The van der Waals surface area contributed by atoms with Crippen LogP contribution in [-0.4, -0.2) is 10.9 Å². The largest absolute Gasteiger partial charge is 0.375 e. The number of hydrogen-bond donors (Lipinski definition) is 3. The van der Waals surface area contributed by atoms with Crippen molar-refractivity contribution < 1.29 is 4.79 Å². The number of rotatable bonds is 4. The Morgan fingerprint density at radius 3 is 2.58 bits per heavy atom. The van der Waals surface area contributed by atoms with E-state index in [4.69, 9.17) is 5.73 Å². The van der Waals surface area contributed by atoms with Gasteiger partial charge in [0.1, 0.15) is 4.88 Å². The van der Waals surface area contributed by atoms with Crippen molar-refractivity contribution in [1.29, 1.82) is 0 Å². The minimum absolute atomic E-state index is 0.274. The Kier molecular flexibility index (Phi) is 3.82. The molecule has 0 aliphatic rings. The number of amides is 1. The van der Waals surface area contributed by atoms with Gasteiger partial charge in [0.2, 0.25) is 0 Å². The van der Waals surface area contributed by atoms with Gasteiger partial charge in [-0.1, -0.05) is 48.2 Å². The van der Waals surface area contributed by atoms with Crippen LogP contribution in [0.25, 0.3) is 5.70 Å². The number of aryl methyl sites for hydroxylation is 1. The summed E-state index contributed by atoms with van der Waals surface area (Å²) < 4.78 is 0. The van der Waals surface area contributed by atoms with Crippen molar-refractivity contribution in [2.75, 3.05) is 5.73 Å². The zero-order valence-electron chi connectivity index (χ0n) is 10.4. The fraction of sp³-hybridized carbons (Fsp3) is 0.0769. The molecule has 1 aromatic carbocycles. The Balaban J connectivity index is 1.98. The zero-order chi connectivity index (χ0) is 13.8. The van der Waals surface area contributed by atoms with Gasteiger partial charge in [0, 0.05) is 0 Å². The number of nitrogens with zero attached hydrogens (tertiary/aromatic N) is 1. The van der Waals surface area contributed by atoms with E-state index < -0.39 is 0 Å². The summed E-state index contributed by atoms with van der Waals surface area (Å²) in [5, 5.41) is 0.379. The SMILES string of the molecule is C=C(NNC(=O)c1sc(N)nc1C)c1ccccc1. The minimum Gasteiger partial charge on any atom is -0.375 e. The minimum atomic E-state index is -0.274. The molecule has 0 aliphatic carbocycles. The summed E-state index contributed by atoms with van der Waals surface area (Å²) in [5.74, 6) is -0.274. The van der Waals surface area contributed by atoms with Gasteiger partial charge < -0.3 is 5.73 Å². The first kappa shape index (κ1) is 13.1. The number of thiazole rings is 1. The molecule has 19 heavy (non-hydrogen) atoms. The molecule has 0 atom stereocenters. The third kappa shape index (κ3) is 3.11. The molecular weight excluding hydrogens is 260 g/mol. The molecule has 2 rings (SSSR count). The Morgan fingerprint density at radius 2 is 2.00 bits per heavy atom. The van der Waals surface area contributed by atoms with Gasteiger partial charge in [-0.25, -0.2) is 4.98 Å². The van der Waals surface area contributed by atoms with Gasteiger partial charge in [-0.05, 0) is 12.5 Å². The van der Waals surface area contributed by atoms with Crippen LogP contribution >= 0.6 is 11.3 Å². The predicted molar refractivity (Wildman–Crippen MR) is 77.3 cm³/mol. The Morgan fingerprint density at radius 1 is 1.32 bits per heavy atom. The van der Waals surface area contributed by atoms with Crippen LogP contribution in [0.3, 0.4) is 0 Å². The maximum Gasteiger partial charge on any atom is 0.281 e. The molecule has 1 amide bonds. The van der Waals surface area contributed by atoms with Crippen molar-refractivity contribution in [2.45, 2.75) is 6.92 Å². The van der Waals surface area contributed by atoms with Gasteiger partial charge in [-0.15, -0.1) is 0 Å². The third-order valence-corrected chi connectivity index (χ3v) is 3.45. The number of carbonyl (C=O) groups excluding carboxylic acids is 1. The van der Waals surface area contributed by atoms with E-state index in [2.05, 4.69) is 22.4 Å². The number of nitrogen functional groups attached to an aromatic ring is 1. The lowest BCUT2D eigenvalue weighted by molar-refractivity contribution is 0.0946. The quantitative estimate of drug-likeness (QED) is 0.744. The van der Waals surface area contributed by atoms with Crippen molar-refractivity contribution >= 4 is 28.1 Å². The molecule has 0 bridgehead atoms. The van der Waals surface area contributed by atoms with Crippen LogP contribution in [0.2, 0.25) is 0 Å². The second kappa shape index (κ2) is 5.53. The van der Waals surface area contributed by atoms with E-state index in [0.717, 1.165) is 16.9 Å². The van der Waals surface area contributed by atoms with Gasteiger partial charge in [0.15, 0.2) is 5.13 Å². The summed E-state index contributed by atoms with van der Waals surface area (Å²) in [6.07, 6.45) is 0. The number of anilines is 1. The van der Waals surface area contributed by atoms with Crippen LogP contribution in [0.5, 0.6) is 0 Å².